The molecule has 6 nitrogen and oxygen atoms in total. The molecule has 192 valence electrons. The van der Waals surface area contributed by atoms with E-state index >= 15 is 0 Å². The number of carbonyl (C=O) groups is 1. The average molecular weight is 499 g/mol. The fraction of sp³-hybridized carbons (Fsp3) is 0.290. The highest BCUT2D eigenvalue weighted by Gasteiger charge is 2.33. The molecule has 0 radical (unpaired) electrons. The van der Waals surface area contributed by atoms with Crippen molar-refractivity contribution in [2.75, 3.05) is 13.1 Å². The van der Waals surface area contributed by atoms with Crippen LogP contribution in [-0.2, 0) is 6.42 Å². The van der Waals surface area contributed by atoms with Gasteiger partial charge in [0.15, 0.2) is 5.43 Å². The zero-order chi connectivity index (χ0) is 26.5. The Morgan fingerprint density at radius 1 is 1.03 bits per heavy atom. The lowest BCUT2D eigenvalue weighted by Crippen LogP contribution is -2.40. The minimum absolute atomic E-state index is 0.00854. The number of phenols is 1. The van der Waals surface area contributed by atoms with Crippen LogP contribution in [0.2, 0.25) is 0 Å². The van der Waals surface area contributed by atoms with Gasteiger partial charge in [0.1, 0.15) is 17.1 Å². The smallest absolute Gasteiger partial charge is 0.254 e. The number of hydrogen-bond acceptors (Lipinski definition) is 5. The summed E-state index contributed by atoms with van der Waals surface area (Å²) in [5, 5.41) is 10.5. The third-order valence-electron chi connectivity index (χ3n) is 6.62. The zero-order valence-electron chi connectivity index (χ0n) is 21.6. The van der Waals surface area contributed by atoms with Gasteiger partial charge in [-0.25, -0.2) is 0 Å². The number of benzene rings is 3. The first-order chi connectivity index (χ1) is 17.8. The molecule has 0 bridgehead atoms. The summed E-state index contributed by atoms with van der Waals surface area (Å²) in [5.74, 6) is 0.240. The monoisotopic (exact) mass is 498 g/mol. The summed E-state index contributed by atoms with van der Waals surface area (Å²) in [6, 6.07) is 21.2. The number of hydrogen-bond donors (Lipinski definition) is 2. The average Bonchev–Trinajstić information content (AvgIpc) is 2.88. The second-order valence-electron chi connectivity index (χ2n) is 9.81. The SMILES string of the molecule is Cc1ccc(C(=O)N(CCCN)C(c2oc3cc(O)ccc3c(=O)c2Cc2ccccc2)C(C)C)cc1. The molecule has 1 aromatic heterocycles. The van der Waals surface area contributed by atoms with Crippen molar-refractivity contribution in [3.8, 4) is 5.75 Å². The van der Waals surface area contributed by atoms with Gasteiger partial charge in [-0.3, -0.25) is 9.59 Å². The number of nitrogens with zero attached hydrogens (tertiary/aromatic N) is 1. The van der Waals surface area contributed by atoms with E-state index in [1.165, 1.54) is 12.1 Å². The lowest BCUT2D eigenvalue weighted by atomic mass is 9.91. The lowest BCUT2D eigenvalue weighted by molar-refractivity contribution is 0.0587. The predicted octanol–water partition coefficient (Wildman–Crippen LogP) is 5.59. The molecule has 0 fully saturated rings. The first kappa shape index (κ1) is 26.2. The van der Waals surface area contributed by atoms with Gasteiger partial charge < -0.3 is 20.2 Å². The van der Waals surface area contributed by atoms with E-state index in [0.717, 1.165) is 11.1 Å². The maximum atomic E-state index is 13.9. The van der Waals surface area contributed by atoms with Crippen LogP contribution in [-0.4, -0.2) is 29.0 Å². The molecule has 1 unspecified atom stereocenters. The Kier molecular flexibility index (Phi) is 8.09. The Hall–Kier alpha value is -3.90. The van der Waals surface area contributed by atoms with Gasteiger partial charge in [-0.1, -0.05) is 61.9 Å². The first-order valence-corrected chi connectivity index (χ1v) is 12.7. The highest BCUT2D eigenvalue weighted by molar-refractivity contribution is 5.94. The first-order valence-electron chi connectivity index (χ1n) is 12.7. The molecule has 3 aromatic carbocycles. The van der Waals surface area contributed by atoms with Crippen molar-refractivity contribution in [1.82, 2.24) is 4.90 Å². The van der Waals surface area contributed by atoms with Gasteiger partial charge in [0.2, 0.25) is 0 Å². The second kappa shape index (κ2) is 11.4. The molecule has 4 aromatic rings. The fourth-order valence-electron chi connectivity index (χ4n) is 4.74. The van der Waals surface area contributed by atoms with Gasteiger partial charge in [-0.2, -0.15) is 0 Å². The van der Waals surface area contributed by atoms with Crippen LogP contribution < -0.4 is 11.2 Å². The van der Waals surface area contributed by atoms with Crippen molar-refractivity contribution in [3.05, 3.63) is 111 Å². The van der Waals surface area contributed by atoms with E-state index in [0.29, 0.717) is 53.8 Å². The Morgan fingerprint density at radius 3 is 2.38 bits per heavy atom. The van der Waals surface area contributed by atoms with Gasteiger partial charge >= 0.3 is 0 Å². The summed E-state index contributed by atoms with van der Waals surface area (Å²) >= 11 is 0. The van der Waals surface area contributed by atoms with Gasteiger partial charge in [0, 0.05) is 30.2 Å². The van der Waals surface area contributed by atoms with Crippen LogP contribution in [0.4, 0.5) is 0 Å². The van der Waals surface area contributed by atoms with E-state index in [2.05, 4.69) is 0 Å². The van der Waals surface area contributed by atoms with Gasteiger partial charge in [-0.05, 0) is 55.6 Å². The van der Waals surface area contributed by atoms with Crippen molar-refractivity contribution >= 4 is 16.9 Å². The van der Waals surface area contributed by atoms with E-state index in [9.17, 15) is 14.7 Å². The minimum atomic E-state index is -0.515. The lowest BCUT2D eigenvalue weighted by Gasteiger charge is -2.35. The summed E-state index contributed by atoms with van der Waals surface area (Å²) in [5.41, 5.74) is 9.11. The standard InChI is InChI=1S/C31H34N2O4/c1-20(2)28(33(17-7-16-32)31(36)23-12-10-21(3)11-13-23)30-26(18-22-8-5-4-6-9-22)29(35)25-15-14-24(34)19-27(25)37-30/h4-6,8-15,19-20,28,34H,7,16-18,32H2,1-3H3. The quantitative estimate of drug-likeness (QED) is 0.314. The van der Waals surface area contributed by atoms with Crippen molar-refractivity contribution in [2.45, 2.75) is 39.7 Å². The van der Waals surface area contributed by atoms with E-state index < -0.39 is 6.04 Å². The van der Waals surface area contributed by atoms with Crippen molar-refractivity contribution in [3.63, 3.8) is 0 Å². The Labute approximate surface area is 217 Å². The number of aryl methyl sites for hydroxylation is 1. The molecule has 6 heteroatoms. The summed E-state index contributed by atoms with van der Waals surface area (Å²) in [4.78, 5) is 29.5. The fourth-order valence-corrected chi connectivity index (χ4v) is 4.74. The number of aromatic hydroxyl groups is 1. The summed E-state index contributed by atoms with van der Waals surface area (Å²) in [6.07, 6.45) is 0.968. The van der Waals surface area contributed by atoms with Crippen LogP contribution in [0.3, 0.4) is 0 Å². The van der Waals surface area contributed by atoms with Gasteiger partial charge in [0.25, 0.3) is 5.91 Å². The van der Waals surface area contributed by atoms with Crippen LogP contribution >= 0.6 is 0 Å². The van der Waals surface area contributed by atoms with Crippen LogP contribution in [0.25, 0.3) is 11.0 Å². The summed E-state index contributed by atoms with van der Waals surface area (Å²) < 4.78 is 6.43. The summed E-state index contributed by atoms with van der Waals surface area (Å²) in [6.45, 7) is 6.85. The van der Waals surface area contributed by atoms with Gasteiger partial charge in [-0.15, -0.1) is 0 Å². The zero-order valence-corrected chi connectivity index (χ0v) is 21.6. The molecule has 0 saturated carbocycles. The maximum Gasteiger partial charge on any atom is 0.254 e. The molecular formula is C31H34N2O4. The molecule has 1 amide bonds. The van der Waals surface area contributed by atoms with Crippen LogP contribution in [0.1, 0.15) is 59.1 Å². The normalized spacial score (nSPS) is 12.1. The Morgan fingerprint density at radius 2 is 1.73 bits per heavy atom. The number of fused-ring (bicyclic) bond motifs is 1. The van der Waals surface area contributed by atoms with Crippen LogP contribution in [0.5, 0.6) is 5.75 Å². The minimum Gasteiger partial charge on any atom is -0.508 e. The number of amides is 1. The van der Waals surface area contributed by atoms with Crippen molar-refractivity contribution in [2.24, 2.45) is 11.7 Å². The number of nitrogens with two attached hydrogens (primary N) is 1. The predicted molar refractivity (Wildman–Crippen MR) is 147 cm³/mol. The number of rotatable bonds is 9. The van der Waals surface area contributed by atoms with E-state index in [1.54, 1.807) is 11.0 Å². The molecule has 0 aliphatic carbocycles. The van der Waals surface area contributed by atoms with Crippen molar-refractivity contribution < 1.29 is 14.3 Å². The summed E-state index contributed by atoms with van der Waals surface area (Å²) in [7, 11) is 0. The van der Waals surface area contributed by atoms with E-state index in [4.69, 9.17) is 10.2 Å². The molecule has 37 heavy (non-hydrogen) atoms. The number of phenolic OH excluding ortho intramolecular Hbond substituents is 1. The Bertz CT molecular complexity index is 1430. The molecule has 3 N–H and O–H groups in total. The highest BCUT2D eigenvalue weighted by Crippen LogP contribution is 2.35. The maximum absolute atomic E-state index is 13.9. The topological polar surface area (TPSA) is 96.8 Å². The van der Waals surface area contributed by atoms with E-state index in [1.807, 2.05) is 75.4 Å². The third kappa shape index (κ3) is 5.75. The molecule has 1 atom stereocenters. The van der Waals surface area contributed by atoms with Crippen LogP contribution in [0, 0.1) is 12.8 Å². The molecule has 0 aliphatic rings. The molecule has 0 saturated heterocycles. The Balaban J connectivity index is 1.93. The van der Waals surface area contributed by atoms with Crippen LogP contribution in [0.15, 0.2) is 82.0 Å². The third-order valence-corrected chi connectivity index (χ3v) is 6.62. The molecule has 0 spiro atoms. The van der Waals surface area contributed by atoms with E-state index in [-0.39, 0.29) is 23.0 Å². The largest absolute Gasteiger partial charge is 0.508 e. The molecule has 1 heterocycles. The molecule has 4 rings (SSSR count). The highest BCUT2D eigenvalue weighted by atomic mass is 16.3. The molecule has 0 aliphatic heterocycles. The second-order valence-corrected chi connectivity index (χ2v) is 9.81. The van der Waals surface area contributed by atoms with Gasteiger partial charge in [0.05, 0.1) is 11.4 Å². The molecular weight excluding hydrogens is 464 g/mol. The number of carbonyl (C=O) groups excluding carboxylic acids is 1. The van der Waals surface area contributed by atoms with Crippen molar-refractivity contribution in [1.29, 1.82) is 0 Å².